The number of aliphatic carboxylic acids is 1. The Morgan fingerprint density at radius 1 is 1.15 bits per heavy atom. The van der Waals surface area contributed by atoms with Crippen molar-refractivity contribution in [1.29, 1.82) is 0 Å². The highest BCUT2D eigenvalue weighted by molar-refractivity contribution is 5.87. The molecule has 0 saturated heterocycles. The first-order valence-electron chi connectivity index (χ1n) is 6.59. The van der Waals surface area contributed by atoms with Crippen molar-refractivity contribution < 1.29 is 19.5 Å². The maximum Gasteiger partial charge on any atom is 0.315 e. The van der Waals surface area contributed by atoms with Gasteiger partial charge in [-0.1, -0.05) is 6.92 Å². The van der Waals surface area contributed by atoms with Crippen LogP contribution in [0.5, 0.6) is 0 Å². The zero-order chi connectivity index (χ0) is 15.9. The summed E-state index contributed by atoms with van der Waals surface area (Å²) in [6, 6.07) is -1.15. The third-order valence-corrected chi connectivity index (χ3v) is 2.37. The molecule has 20 heavy (non-hydrogen) atoms. The number of hydrogen-bond donors (Lipinski definition) is 4. The van der Waals surface area contributed by atoms with Gasteiger partial charge in [-0.05, 0) is 33.6 Å². The van der Waals surface area contributed by atoms with Gasteiger partial charge in [0.15, 0.2) is 0 Å². The van der Waals surface area contributed by atoms with Gasteiger partial charge in [0, 0.05) is 18.5 Å². The van der Waals surface area contributed by atoms with Crippen molar-refractivity contribution in [2.75, 3.05) is 6.54 Å². The van der Waals surface area contributed by atoms with Crippen molar-refractivity contribution in [2.24, 2.45) is 5.92 Å². The van der Waals surface area contributed by atoms with Gasteiger partial charge >= 0.3 is 12.0 Å². The van der Waals surface area contributed by atoms with E-state index in [1.807, 2.05) is 20.8 Å². The molecular weight excluding hydrogens is 262 g/mol. The van der Waals surface area contributed by atoms with E-state index in [1.165, 1.54) is 0 Å². The summed E-state index contributed by atoms with van der Waals surface area (Å²) in [5.41, 5.74) is -0.362. The molecule has 4 N–H and O–H groups in total. The molecule has 2 atom stereocenters. The van der Waals surface area contributed by atoms with E-state index < -0.39 is 18.0 Å². The van der Waals surface area contributed by atoms with Gasteiger partial charge in [0.25, 0.3) is 0 Å². The number of carbonyl (C=O) groups excluding carboxylic acids is 2. The second kappa shape index (κ2) is 7.72. The van der Waals surface area contributed by atoms with Gasteiger partial charge in [0.1, 0.15) is 6.04 Å². The normalized spacial score (nSPS) is 14.1. The van der Waals surface area contributed by atoms with Gasteiger partial charge in [0.05, 0.1) is 0 Å². The number of hydrogen-bond acceptors (Lipinski definition) is 3. The van der Waals surface area contributed by atoms with E-state index in [2.05, 4.69) is 16.0 Å². The molecule has 0 bridgehead atoms. The minimum absolute atomic E-state index is 0.0135. The Balaban J connectivity index is 4.08. The second-order valence-corrected chi connectivity index (χ2v) is 6.02. The molecule has 0 spiro atoms. The first-order chi connectivity index (χ1) is 9.01. The molecule has 0 fully saturated rings. The van der Waals surface area contributed by atoms with Gasteiger partial charge in [-0.2, -0.15) is 0 Å². The van der Waals surface area contributed by atoms with E-state index in [0.717, 1.165) is 0 Å². The highest BCUT2D eigenvalue weighted by Crippen LogP contribution is 2.00. The lowest BCUT2D eigenvalue weighted by Crippen LogP contribution is -2.53. The summed E-state index contributed by atoms with van der Waals surface area (Å²) in [6.07, 6.45) is -0.0135. The lowest BCUT2D eigenvalue weighted by atomic mass is 10.1. The Morgan fingerprint density at radius 2 is 1.70 bits per heavy atom. The molecule has 0 saturated carbocycles. The molecule has 0 rings (SSSR count). The minimum atomic E-state index is -0.905. The molecule has 0 aromatic heterocycles. The van der Waals surface area contributed by atoms with Crippen molar-refractivity contribution in [3.63, 3.8) is 0 Å². The zero-order valence-electron chi connectivity index (χ0n) is 12.7. The number of carboxylic acid groups (broad SMARTS) is 1. The first-order valence-corrected chi connectivity index (χ1v) is 6.59. The van der Waals surface area contributed by atoms with E-state index >= 15 is 0 Å². The van der Waals surface area contributed by atoms with Crippen LogP contribution in [0, 0.1) is 5.92 Å². The van der Waals surface area contributed by atoms with Gasteiger partial charge in [-0.25, -0.2) is 4.79 Å². The molecule has 0 radical (unpaired) electrons. The number of carboxylic acids is 1. The molecule has 0 aromatic rings. The Kier molecular flexibility index (Phi) is 7.02. The average molecular weight is 287 g/mol. The molecule has 0 heterocycles. The van der Waals surface area contributed by atoms with Crippen LogP contribution in [-0.4, -0.2) is 41.1 Å². The van der Waals surface area contributed by atoms with Crippen molar-refractivity contribution >= 4 is 17.9 Å². The summed E-state index contributed by atoms with van der Waals surface area (Å²) in [5.74, 6) is -1.35. The van der Waals surface area contributed by atoms with Gasteiger partial charge in [-0.3, -0.25) is 9.59 Å². The highest BCUT2D eigenvalue weighted by Gasteiger charge is 2.20. The van der Waals surface area contributed by atoms with E-state index in [1.54, 1.807) is 13.8 Å². The number of amides is 3. The Hall–Kier alpha value is -1.79. The summed E-state index contributed by atoms with van der Waals surface area (Å²) in [7, 11) is 0. The van der Waals surface area contributed by atoms with Gasteiger partial charge in [-0.15, -0.1) is 0 Å². The fourth-order valence-electron chi connectivity index (χ4n) is 1.43. The minimum Gasteiger partial charge on any atom is -0.481 e. The van der Waals surface area contributed by atoms with Crippen LogP contribution in [0.2, 0.25) is 0 Å². The molecule has 0 aliphatic heterocycles. The fourth-order valence-corrected chi connectivity index (χ4v) is 1.43. The molecule has 0 aromatic carbocycles. The predicted octanol–water partition coefficient (Wildman–Crippen LogP) is 0.700. The maximum absolute atomic E-state index is 11.7. The molecule has 7 heteroatoms. The Morgan fingerprint density at radius 3 is 2.15 bits per heavy atom. The first kappa shape index (κ1) is 18.2. The van der Waals surface area contributed by atoms with E-state index in [0.29, 0.717) is 0 Å². The predicted molar refractivity (Wildman–Crippen MR) is 75.3 cm³/mol. The quantitative estimate of drug-likeness (QED) is 0.576. The van der Waals surface area contributed by atoms with Crippen LogP contribution in [0.1, 0.15) is 41.0 Å². The topological polar surface area (TPSA) is 108 Å². The summed E-state index contributed by atoms with van der Waals surface area (Å²) >= 11 is 0. The molecule has 7 nitrogen and oxygen atoms in total. The van der Waals surface area contributed by atoms with Crippen molar-refractivity contribution in [1.82, 2.24) is 16.0 Å². The van der Waals surface area contributed by atoms with E-state index in [9.17, 15) is 14.4 Å². The number of nitrogens with one attached hydrogen (secondary N) is 3. The van der Waals surface area contributed by atoms with Crippen LogP contribution >= 0.6 is 0 Å². The van der Waals surface area contributed by atoms with E-state index in [-0.39, 0.29) is 30.3 Å². The third-order valence-electron chi connectivity index (χ3n) is 2.37. The van der Waals surface area contributed by atoms with Crippen LogP contribution in [0.3, 0.4) is 0 Å². The van der Waals surface area contributed by atoms with Crippen molar-refractivity contribution in [3.05, 3.63) is 0 Å². The third kappa shape index (κ3) is 9.18. The smallest absolute Gasteiger partial charge is 0.315 e. The summed E-state index contributed by atoms with van der Waals surface area (Å²) in [4.78, 5) is 33.8. The second-order valence-electron chi connectivity index (χ2n) is 6.02. The Bertz CT molecular complexity index is 363. The average Bonchev–Trinajstić information content (AvgIpc) is 2.23. The monoisotopic (exact) mass is 287 g/mol. The van der Waals surface area contributed by atoms with Crippen LogP contribution in [0.25, 0.3) is 0 Å². The van der Waals surface area contributed by atoms with Crippen molar-refractivity contribution in [2.45, 2.75) is 52.6 Å². The summed E-state index contributed by atoms with van der Waals surface area (Å²) < 4.78 is 0. The molecule has 3 amide bonds. The van der Waals surface area contributed by atoms with E-state index in [4.69, 9.17) is 5.11 Å². The summed E-state index contributed by atoms with van der Waals surface area (Å²) in [6.45, 7) is 9.11. The molecular formula is C13H25N3O4. The number of rotatable bonds is 6. The maximum atomic E-state index is 11.7. The zero-order valence-corrected chi connectivity index (χ0v) is 12.7. The number of urea groups is 1. The van der Waals surface area contributed by atoms with Gasteiger partial charge in [0.2, 0.25) is 5.91 Å². The summed E-state index contributed by atoms with van der Waals surface area (Å²) in [5, 5.41) is 16.4. The van der Waals surface area contributed by atoms with Crippen LogP contribution < -0.4 is 16.0 Å². The Labute approximate surface area is 119 Å². The van der Waals surface area contributed by atoms with Crippen LogP contribution in [0.4, 0.5) is 4.79 Å². The molecule has 116 valence electrons. The van der Waals surface area contributed by atoms with Gasteiger partial charge < -0.3 is 21.1 Å². The largest absolute Gasteiger partial charge is 0.481 e. The standard InChI is InChI=1S/C13H25N3O4/c1-8(6-10(17)18)7-14-12(20)15-9(2)11(19)16-13(3,4)5/h8-9H,6-7H2,1-5H3,(H,16,19)(H,17,18)(H2,14,15,20). The molecule has 0 aliphatic rings. The SMILES string of the molecule is CC(CNC(=O)NC(C)C(=O)NC(C)(C)C)CC(=O)O. The lowest BCUT2D eigenvalue weighted by Gasteiger charge is -2.23. The van der Waals surface area contributed by atoms with Crippen LogP contribution in [-0.2, 0) is 9.59 Å². The fraction of sp³-hybridized carbons (Fsp3) is 0.769. The molecule has 0 aliphatic carbocycles. The number of carbonyl (C=O) groups is 3. The highest BCUT2D eigenvalue weighted by atomic mass is 16.4. The lowest BCUT2D eigenvalue weighted by molar-refractivity contribution is -0.137. The van der Waals surface area contributed by atoms with Crippen molar-refractivity contribution in [3.8, 4) is 0 Å². The molecule has 2 unspecified atom stereocenters. The van der Waals surface area contributed by atoms with Crippen LogP contribution in [0.15, 0.2) is 0 Å².